The van der Waals surface area contributed by atoms with Crippen LogP contribution in [0, 0.1) is 23.3 Å². The lowest BCUT2D eigenvalue weighted by atomic mass is 9.84. The predicted molar refractivity (Wildman–Crippen MR) is 129 cm³/mol. The number of benzene rings is 4. The summed E-state index contributed by atoms with van der Waals surface area (Å²) in [7, 11) is 0. The van der Waals surface area contributed by atoms with Crippen LogP contribution in [0.1, 0.15) is 41.4 Å². The van der Waals surface area contributed by atoms with Gasteiger partial charge in [0.2, 0.25) is 0 Å². The Labute approximate surface area is 219 Å². The average molecular weight is 559 g/mol. The van der Waals surface area contributed by atoms with Crippen LogP contribution in [0.5, 0.6) is 0 Å². The monoisotopic (exact) mass is 558 g/mol. The van der Waals surface area contributed by atoms with Crippen molar-refractivity contribution in [2.75, 3.05) is 9.80 Å². The lowest BCUT2D eigenvalue weighted by molar-refractivity contribution is 0.0863. The number of imide groups is 2. The van der Waals surface area contributed by atoms with Gasteiger partial charge in [0.1, 0.15) is 0 Å². The fourth-order valence-electron chi connectivity index (χ4n) is 4.71. The van der Waals surface area contributed by atoms with Crippen LogP contribution < -0.4 is 9.80 Å². The summed E-state index contributed by atoms with van der Waals surface area (Å²) >= 11 is 11.7. The van der Waals surface area contributed by atoms with Crippen molar-refractivity contribution in [1.82, 2.24) is 0 Å². The van der Waals surface area contributed by atoms with E-state index in [0.29, 0.717) is 9.80 Å². The van der Waals surface area contributed by atoms with Crippen LogP contribution in [0.25, 0.3) is 10.8 Å². The molecular weight excluding hydrogens is 551 g/mol. The molecule has 12 heteroatoms. The Hall–Kier alpha value is -4.28. The second-order valence-electron chi connectivity index (χ2n) is 8.35. The van der Waals surface area contributed by atoms with Crippen LogP contribution in [-0.2, 0) is 0 Å². The van der Waals surface area contributed by atoms with Gasteiger partial charge >= 0.3 is 0 Å². The Kier molecular flexibility index (Phi) is 5.14. The summed E-state index contributed by atoms with van der Waals surface area (Å²) in [6.45, 7) is 0. The highest BCUT2D eigenvalue weighted by atomic mass is 35.5. The predicted octanol–water partition coefficient (Wildman–Crippen LogP) is 6.30. The van der Waals surface area contributed by atoms with E-state index in [-0.39, 0.29) is 21.4 Å². The standard InChI is InChI=1S/C26H8Cl2F4N2O4/c27-9-1-5-11(6-2-9)33-23(35)15-13-14-17(21(31)19(15)29)25(37)34(12-7-3-10(28)4-8-12)26(38)18(14)22(32)20(30)16(13)24(33)36/h1-8H. The summed E-state index contributed by atoms with van der Waals surface area (Å²) < 4.78 is 62.1. The van der Waals surface area contributed by atoms with Crippen molar-refractivity contribution in [3.63, 3.8) is 0 Å². The van der Waals surface area contributed by atoms with Crippen molar-refractivity contribution in [1.29, 1.82) is 0 Å². The van der Waals surface area contributed by atoms with Crippen LogP contribution in [0.2, 0.25) is 10.0 Å². The molecule has 0 N–H and O–H groups in total. The minimum Gasteiger partial charge on any atom is -0.268 e. The van der Waals surface area contributed by atoms with E-state index in [1.54, 1.807) is 0 Å². The first-order chi connectivity index (χ1) is 18.0. The number of nitrogens with zero attached hydrogens (tertiary/aromatic N) is 2. The summed E-state index contributed by atoms with van der Waals surface area (Å²) in [5.41, 5.74) is -4.91. The van der Waals surface area contributed by atoms with E-state index in [1.807, 2.05) is 0 Å². The number of halogens is 6. The zero-order valence-electron chi connectivity index (χ0n) is 18.4. The SMILES string of the molecule is O=C1c2c(F)c(F)c3c4c(c(F)c(F)c(c24)C(=O)N1c1ccc(Cl)cc1)C(=O)N(c1ccc(Cl)cc1)C3=O. The topological polar surface area (TPSA) is 74.8 Å². The van der Waals surface area contributed by atoms with Gasteiger partial charge in [-0.1, -0.05) is 23.2 Å². The summed E-state index contributed by atoms with van der Waals surface area (Å²) in [4.78, 5) is 54.0. The molecule has 0 unspecified atom stereocenters. The lowest BCUT2D eigenvalue weighted by Gasteiger charge is -2.33. The largest absolute Gasteiger partial charge is 0.269 e. The summed E-state index contributed by atoms with van der Waals surface area (Å²) in [6, 6.07) is 9.87. The van der Waals surface area contributed by atoms with E-state index in [4.69, 9.17) is 23.2 Å². The molecule has 0 bridgehead atoms. The molecule has 38 heavy (non-hydrogen) atoms. The zero-order valence-corrected chi connectivity index (χ0v) is 19.9. The second kappa shape index (κ2) is 8.11. The minimum atomic E-state index is -1.87. The first-order valence-corrected chi connectivity index (χ1v) is 11.4. The van der Waals surface area contributed by atoms with Gasteiger partial charge < -0.3 is 0 Å². The summed E-state index contributed by atoms with van der Waals surface area (Å²) in [6.07, 6.45) is 0. The van der Waals surface area contributed by atoms with Crippen molar-refractivity contribution in [3.8, 4) is 0 Å². The summed E-state index contributed by atoms with van der Waals surface area (Å²) in [5, 5.41) is -1.32. The molecule has 2 heterocycles. The molecule has 0 aliphatic carbocycles. The van der Waals surface area contributed by atoms with Crippen molar-refractivity contribution in [2.24, 2.45) is 0 Å². The first kappa shape index (κ1) is 24.1. The molecule has 0 saturated heterocycles. The van der Waals surface area contributed by atoms with Gasteiger partial charge in [-0.3, -0.25) is 19.2 Å². The molecule has 2 aliphatic rings. The summed E-state index contributed by atoms with van der Waals surface area (Å²) in [5.74, 6) is -13.1. The van der Waals surface area contributed by atoms with E-state index >= 15 is 17.6 Å². The maximum absolute atomic E-state index is 15.5. The maximum Gasteiger partial charge on any atom is 0.269 e. The fraction of sp³-hybridized carbons (Fsp3) is 0. The molecule has 4 aromatic rings. The van der Waals surface area contributed by atoms with Crippen LogP contribution in [0.3, 0.4) is 0 Å². The third kappa shape index (κ3) is 3.01. The Morgan fingerprint density at radius 3 is 0.921 bits per heavy atom. The highest BCUT2D eigenvalue weighted by molar-refractivity contribution is 6.42. The maximum atomic E-state index is 15.5. The Bertz CT molecular complexity index is 1590. The van der Waals surface area contributed by atoms with Crippen LogP contribution in [-0.4, -0.2) is 23.6 Å². The van der Waals surface area contributed by atoms with Gasteiger partial charge in [0.05, 0.1) is 33.6 Å². The molecule has 2 aliphatic heterocycles. The van der Waals surface area contributed by atoms with E-state index in [1.165, 1.54) is 48.5 Å². The van der Waals surface area contributed by atoms with E-state index in [0.717, 1.165) is 0 Å². The van der Waals surface area contributed by atoms with Crippen LogP contribution in [0.15, 0.2) is 48.5 Å². The fourth-order valence-corrected chi connectivity index (χ4v) is 4.96. The van der Waals surface area contributed by atoms with Gasteiger partial charge in [-0.05, 0) is 48.5 Å². The first-order valence-electron chi connectivity index (χ1n) is 10.7. The molecule has 0 radical (unpaired) electrons. The highest BCUT2D eigenvalue weighted by Gasteiger charge is 2.48. The number of amides is 4. The number of carbonyl (C=O) groups is 4. The minimum absolute atomic E-state index is 0.191. The average Bonchev–Trinajstić information content (AvgIpc) is 2.88. The van der Waals surface area contributed by atoms with E-state index in [9.17, 15) is 19.2 Å². The normalized spacial score (nSPS) is 14.7. The van der Waals surface area contributed by atoms with Gasteiger partial charge in [0.15, 0.2) is 23.3 Å². The van der Waals surface area contributed by atoms with Crippen LogP contribution in [0.4, 0.5) is 28.9 Å². The smallest absolute Gasteiger partial charge is 0.268 e. The van der Waals surface area contributed by atoms with Gasteiger partial charge in [-0.25, -0.2) is 27.4 Å². The number of hydrogen-bond acceptors (Lipinski definition) is 4. The molecule has 0 spiro atoms. The van der Waals surface area contributed by atoms with Crippen LogP contribution >= 0.6 is 23.2 Å². The van der Waals surface area contributed by atoms with E-state index < -0.39 is 79.9 Å². The van der Waals surface area contributed by atoms with Gasteiger partial charge in [-0.15, -0.1) is 0 Å². The number of carbonyl (C=O) groups excluding carboxylic acids is 4. The molecule has 0 aromatic heterocycles. The van der Waals surface area contributed by atoms with Crippen molar-refractivity contribution >= 4 is 69.0 Å². The molecule has 4 amide bonds. The number of anilines is 2. The van der Waals surface area contributed by atoms with Crippen molar-refractivity contribution in [3.05, 3.63) is 104 Å². The molecule has 6 nitrogen and oxygen atoms in total. The second-order valence-corrected chi connectivity index (χ2v) is 9.22. The molecule has 0 saturated carbocycles. The van der Waals surface area contributed by atoms with Crippen molar-refractivity contribution in [2.45, 2.75) is 0 Å². The number of rotatable bonds is 2. The molecule has 6 rings (SSSR count). The Morgan fingerprint density at radius 2 is 0.684 bits per heavy atom. The van der Waals surface area contributed by atoms with Gasteiger partial charge in [0.25, 0.3) is 23.6 Å². The quantitative estimate of drug-likeness (QED) is 0.213. The Balaban J connectivity index is 1.71. The lowest BCUT2D eigenvalue weighted by Crippen LogP contribution is -2.46. The third-order valence-corrected chi connectivity index (χ3v) is 6.85. The number of hydrogen-bond donors (Lipinski definition) is 0. The molecule has 0 fully saturated rings. The molecule has 188 valence electrons. The Morgan fingerprint density at radius 1 is 0.447 bits per heavy atom. The highest BCUT2D eigenvalue weighted by Crippen LogP contribution is 2.44. The molecule has 4 aromatic carbocycles. The zero-order chi connectivity index (χ0) is 27.2. The van der Waals surface area contributed by atoms with E-state index in [2.05, 4.69) is 0 Å². The van der Waals surface area contributed by atoms with Crippen molar-refractivity contribution < 1.29 is 36.7 Å². The molecular formula is C26H8Cl2F4N2O4. The van der Waals surface area contributed by atoms with Gasteiger partial charge in [-0.2, -0.15) is 0 Å². The van der Waals surface area contributed by atoms with Gasteiger partial charge in [0, 0.05) is 20.8 Å². The molecule has 0 atom stereocenters. The third-order valence-electron chi connectivity index (χ3n) is 6.35.